The van der Waals surface area contributed by atoms with Crippen LogP contribution in [0.2, 0.25) is 0 Å². The second kappa shape index (κ2) is 9.01. The molecule has 20 heavy (non-hydrogen) atoms. The number of likely N-dealkylation sites (tertiary alicyclic amines) is 1. The van der Waals surface area contributed by atoms with Gasteiger partial charge in [-0.2, -0.15) is 0 Å². The number of hydrogen-bond acceptors (Lipinski definition) is 3. The van der Waals surface area contributed by atoms with E-state index < -0.39 is 0 Å². The van der Waals surface area contributed by atoms with Gasteiger partial charge in [0.15, 0.2) is 0 Å². The number of nitrogens with one attached hydrogen (secondary N) is 1. The standard InChI is InChI=1S/C17H36N2O/c1-5-9-16-10-6-7-12-19(16)13-8-11-17(4,14-20)18-15(2)3/h15-16,18,20H,5-14H2,1-4H3. The summed E-state index contributed by atoms with van der Waals surface area (Å²) in [5.41, 5.74) is -0.121. The molecule has 2 atom stereocenters. The average Bonchev–Trinajstić information content (AvgIpc) is 2.40. The molecular formula is C17H36N2O. The van der Waals surface area contributed by atoms with Gasteiger partial charge in [0.05, 0.1) is 6.61 Å². The van der Waals surface area contributed by atoms with Crippen LogP contribution in [0.3, 0.4) is 0 Å². The van der Waals surface area contributed by atoms with Gasteiger partial charge in [-0.1, -0.05) is 33.6 Å². The Kier molecular flexibility index (Phi) is 8.08. The number of piperidine rings is 1. The highest BCUT2D eigenvalue weighted by atomic mass is 16.3. The van der Waals surface area contributed by atoms with Gasteiger partial charge >= 0.3 is 0 Å². The average molecular weight is 284 g/mol. The molecule has 1 fully saturated rings. The third-order valence-corrected chi connectivity index (χ3v) is 4.53. The fourth-order valence-electron chi connectivity index (χ4n) is 3.58. The molecule has 0 aromatic carbocycles. The molecule has 0 bridgehead atoms. The normalized spacial score (nSPS) is 24.0. The van der Waals surface area contributed by atoms with Gasteiger partial charge in [-0.25, -0.2) is 0 Å². The summed E-state index contributed by atoms with van der Waals surface area (Å²) in [6.45, 7) is 11.4. The highest BCUT2D eigenvalue weighted by molar-refractivity contribution is 4.85. The van der Waals surface area contributed by atoms with Crippen LogP contribution in [0.15, 0.2) is 0 Å². The highest BCUT2D eigenvalue weighted by Gasteiger charge is 2.25. The summed E-state index contributed by atoms with van der Waals surface area (Å²) < 4.78 is 0. The molecule has 120 valence electrons. The molecule has 1 aliphatic heterocycles. The molecule has 3 nitrogen and oxygen atoms in total. The lowest BCUT2D eigenvalue weighted by Crippen LogP contribution is -2.49. The van der Waals surface area contributed by atoms with Gasteiger partial charge in [0.2, 0.25) is 0 Å². The maximum absolute atomic E-state index is 9.63. The lowest BCUT2D eigenvalue weighted by molar-refractivity contribution is 0.118. The summed E-state index contributed by atoms with van der Waals surface area (Å²) in [5.74, 6) is 0. The van der Waals surface area contributed by atoms with Crippen LogP contribution < -0.4 is 5.32 Å². The molecule has 1 saturated heterocycles. The Labute approximate surface area is 126 Å². The van der Waals surface area contributed by atoms with E-state index in [0.717, 1.165) is 12.5 Å². The monoisotopic (exact) mass is 284 g/mol. The molecule has 0 spiro atoms. The topological polar surface area (TPSA) is 35.5 Å². The van der Waals surface area contributed by atoms with Crippen molar-refractivity contribution in [3.63, 3.8) is 0 Å². The van der Waals surface area contributed by atoms with Crippen LogP contribution in [-0.2, 0) is 0 Å². The molecule has 0 aromatic rings. The van der Waals surface area contributed by atoms with Crippen LogP contribution in [0, 0.1) is 0 Å². The first-order valence-corrected chi connectivity index (χ1v) is 8.63. The van der Waals surface area contributed by atoms with Crippen molar-refractivity contribution in [3.8, 4) is 0 Å². The Morgan fingerprint density at radius 3 is 2.70 bits per heavy atom. The summed E-state index contributed by atoms with van der Waals surface area (Å²) in [4.78, 5) is 2.69. The maximum atomic E-state index is 9.63. The van der Waals surface area contributed by atoms with Crippen molar-refractivity contribution in [2.24, 2.45) is 0 Å². The van der Waals surface area contributed by atoms with E-state index in [-0.39, 0.29) is 12.1 Å². The van der Waals surface area contributed by atoms with E-state index in [1.807, 2.05) is 0 Å². The van der Waals surface area contributed by atoms with Crippen molar-refractivity contribution in [2.45, 2.75) is 90.3 Å². The third kappa shape index (κ3) is 6.11. The predicted molar refractivity (Wildman–Crippen MR) is 87.1 cm³/mol. The second-order valence-electron chi connectivity index (χ2n) is 7.10. The third-order valence-electron chi connectivity index (χ3n) is 4.53. The Bertz CT molecular complexity index is 255. The molecule has 1 heterocycles. The maximum Gasteiger partial charge on any atom is 0.0610 e. The van der Waals surface area contributed by atoms with Gasteiger partial charge in [0.1, 0.15) is 0 Å². The van der Waals surface area contributed by atoms with Crippen LogP contribution in [0.1, 0.15) is 72.6 Å². The summed E-state index contributed by atoms with van der Waals surface area (Å²) in [5, 5.41) is 13.1. The van der Waals surface area contributed by atoms with Crippen molar-refractivity contribution in [2.75, 3.05) is 19.7 Å². The zero-order chi connectivity index (χ0) is 15.0. The van der Waals surface area contributed by atoms with E-state index in [9.17, 15) is 5.11 Å². The van der Waals surface area contributed by atoms with E-state index in [4.69, 9.17) is 0 Å². The van der Waals surface area contributed by atoms with Crippen molar-refractivity contribution >= 4 is 0 Å². The van der Waals surface area contributed by atoms with Gasteiger partial charge in [-0.05, 0) is 52.1 Å². The minimum atomic E-state index is -0.121. The zero-order valence-corrected chi connectivity index (χ0v) is 14.1. The van der Waals surface area contributed by atoms with Gasteiger partial charge in [-0.3, -0.25) is 0 Å². The van der Waals surface area contributed by atoms with Gasteiger partial charge in [0, 0.05) is 17.6 Å². The minimum Gasteiger partial charge on any atom is -0.394 e. The Morgan fingerprint density at radius 1 is 1.35 bits per heavy atom. The van der Waals surface area contributed by atoms with Crippen LogP contribution in [0.25, 0.3) is 0 Å². The summed E-state index contributed by atoms with van der Waals surface area (Å²) >= 11 is 0. The first-order chi connectivity index (χ1) is 9.50. The van der Waals surface area contributed by atoms with E-state index in [2.05, 4.69) is 37.9 Å². The predicted octanol–water partition coefficient (Wildman–Crippen LogP) is 3.17. The van der Waals surface area contributed by atoms with Gasteiger partial charge < -0.3 is 15.3 Å². The quantitative estimate of drug-likeness (QED) is 0.682. The molecule has 0 aliphatic carbocycles. The molecule has 1 rings (SSSR count). The second-order valence-corrected chi connectivity index (χ2v) is 7.10. The van der Waals surface area contributed by atoms with Crippen molar-refractivity contribution in [1.29, 1.82) is 0 Å². The van der Waals surface area contributed by atoms with Crippen LogP contribution >= 0.6 is 0 Å². The molecular weight excluding hydrogens is 248 g/mol. The van der Waals surface area contributed by atoms with Crippen molar-refractivity contribution < 1.29 is 5.11 Å². The first kappa shape index (κ1) is 17.9. The van der Waals surface area contributed by atoms with Crippen molar-refractivity contribution in [1.82, 2.24) is 10.2 Å². The molecule has 2 unspecified atom stereocenters. The van der Waals surface area contributed by atoms with Crippen molar-refractivity contribution in [3.05, 3.63) is 0 Å². The van der Waals surface area contributed by atoms with E-state index >= 15 is 0 Å². The van der Waals surface area contributed by atoms with Gasteiger partial charge in [-0.15, -0.1) is 0 Å². The zero-order valence-electron chi connectivity index (χ0n) is 14.1. The summed E-state index contributed by atoms with van der Waals surface area (Å²) in [6.07, 6.45) is 9.03. The van der Waals surface area contributed by atoms with E-state index in [1.165, 1.54) is 51.6 Å². The summed E-state index contributed by atoms with van der Waals surface area (Å²) in [7, 11) is 0. The van der Waals surface area contributed by atoms with Gasteiger partial charge in [0.25, 0.3) is 0 Å². The number of nitrogens with zero attached hydrogens (tertiary/aromatic N) is 1. The van der Waals surface area contributed by atoms with E-state index in [1.54, 1.807) is 0 Å². The van der Waals surface area contributed by atoms with Crippen LogP contribution in [0.4, 0.5) is 0 Å². The van der Waals surface area contributed by atoms with E-state index in [0.29, 0.717) is 6.04 Å². The molecule has 2 N–H and O–H groups in total. The van der Waals surface area contributed by atoms with Crippen LogP contribution in [-0.4, -0.2) is 47.3 Å². The fourth-order valence-corrected chi connectivity index (χ4v) is 3.58. The molecule has 0 saturated carbocycles. The number of hydrogen-bond donors (Lipinski definition) is 2. The number of aliphatic hydroxyl groups is 1. The Hall–Kier alpha value is -0.120. The lowest BCUT2D eigenvalue weighted by Gasteiger charge is -2.37. The Morgan fingerprint density at radius 2 is 2.10 bits per heavy atom. The first-order valence-electron chi connectivity index (χ1n) is 8.63. The smallest absolute Gasteiger partial charge is 0.0610 e. The SMILES string of the molecule is CCCC1CCCCN1CCCC(C)(CO)NC(C)C. The molecule has 0 radical (unpaired) electrons. The van der Waals surface area contributed by atoms with Crippen LogP contribution in [0.5, 0.6) is 0 Å². The molecule has 3 heteroatoms. The number of aliphatic hydroxyl groups excluding tert-OH is 1. The molecule has 0 amide bonds. The summed E-state index contributed by atoms with van der Waals surface area (Å²) in [6, 6.07) is 1.24. The lowest BCUT2D eigenvalue weighted by atomic mass is 9.94. The Balaban J connectivity index is 2.36. The fraction of sp³-hybridized carbons (Fsp3) is 1.00. The molecule has 1 aliphatic rings. The number of rotatable bonds is 9. The highest BCUT2D eigenvalue weighted by Crippen LogP contribution is 2.22. The molecule has 0 aromatic heterocycles. The largest absolute Gasteiger partial charge is 0.394 e. The minimum absolute atomic E-state index is 0.121.